The number of methoxy groups -OCH3 is 1. The lowest BCUT2D eigenvalue weighted by Gasteiger charge is -2.14. The first kappa shape index (κ1) is 22.3. The molecule has 0 aliphatic carbocycles. The molecule has 162 valence electrons. The molecule has 1 heterocycles. The number of halogens is 2. The number of thioether (sulfide) groups is 1. The zero-order valence-corrected chi connectivity index (χ0v) is 19.9. The van der Waals surface area contributed by atoms with Gasteiger partial charge in [0.1, 0.15) is 12.4 Å². The average Bonchev–Trinajstić information content (AvgIpc) is 3.11. The summed E-state index contributed by atoms with van der Waals surface area (Å²) in [5.74, 6) is 0.582. The highest BCUT2D eigenvalue weighted by Crippen LogP contribution is 2.36. The predicted molar refractivity (Wildman–Crippen MR) is 134 cm³/mol. The summed E-state index contributed by atoms with van der Waals surface area (Å²) in [6.45, 7) is 0.210. The Morgan fingerprint density at radius 3 is 2.69 bits per heavy atom. The summed E-state index contributed by atoms with van der Waals surface area (Å²) in [5, 5.41) is 3.32. The molecule has 5 nitrogen and oxygen atoms in total. The molecule has 0 bridgehead atoms. The van der Waals surface area contributed by atoms with Crippen LogP contribution in [0.5, 0.6) is 11.5 Å². The molecular weight excluding hydrogens is 542 g/mol. The normalized spacial score (nSPS) is 15.8. The molecule has 4 rings (SSSR count). The van der Waals surface area contributed by atoms with Gasteiger partial charge >= 0.3 is 0 Å². The minimum atomic E-state index is -0.308. The van der Waals surface area contributed by atoms with Crippen LogP contribution in [0, 0.1) is 9.39 Å². The van der Waals surface area contributed by atoms with E-state index < -0.39 is 0 Å². The van der Waals surface area contributed by atoms with Gasteiger partial charge in [0.15, 0.2) is 16.7 Å². The number of nitrogens with zero attached hydrogens (tertiary/aromatic N) is 1. The van der Waals surface area contributed by atoms with Crippen molar-refractivity contribution < 1.29 is 18.7 Å². The second-order valence-corrected chi connectivity index (χ2v) is 8.96. The highest BCUT2D eigenvalue weighted by Gasteiger charge is 2.24. The maximum atomic E-state index is 13.4. The SMILES string of the molecule is COc1cc(/C=C2\SC(=Nc3ccccc3)NC2=O)cc(I)c1OCc1cccc(F)c1. The van der Waals surface area contributed by atoms with Crippen molar-refractivity contribution >= 4 is 57.2 Å². The van der Waals surface area contributed by atoms with Gasteiger partial charge in [-0.2, -0.15) is 0 Å². The van der Waals surface area contributed by atoms with Crippen LogP contribution < -0.4 is 14.8 Å². The number of carbonyl (C=O) groups is 1. The molecule has 0 saturated carbocycles. The Hall–Kier alpha value is -2.85. The van der Waals surface area contributed by atoms with Crippen LogP contribution in [0.2, 0.25) is 0 Å². The summed E-state index contributed by atoms with van der Waals surface area (Å²) >= 11 is 3.44. The number of hydrogen-bond acceptors (Lipinski definition) is 5. The molecule has 0 radical (unpaired) electrons. The molecule has 0 spiro atoms. The number of para-hydroxylation sites is 1. The summed E-state index contributed by atoms with van der Waals surface area (Å²) < 4.78 is 25.6. The lowest BCUT2D eigenvalue weighted by molar-refractivity contribution is -0.115. The number of ether oxygens (including phenoxy) is 2. The Balaban J connectivity index is 1.54. The molecular formula is C24H18FIN2O3S. The third kappa shape index (κ3) is 5.49. The number of hydrogen-bond donors (Lipinski definition) is 1. The Bertz CT molecular complexity index is 1220. The maximum Gasteiger partial charge on any atom is 0.264 e. The van der Waals surface area contributed by atoms with Crippen molar-refractivity contribution in [3.8, 4) is 11.5 Å². The van der Waals surface area contributed by atoms with Gasteiger partial charge in [-0.05, 0) is 88.0 Å². The van der Waals surface area contributed by atoms with Crippen molar-refractivity contribution in [3.63, 3.8) is 0 Å². The van der Waals surface area contributed by atoms with Gasteiger partial charge < -0.3 is 14.8 Å². The quantitative estimate of drug-likeness (QED) is 0.301. The van der Waals surface area contributed by atoms with Crippen LogP contribution in [0.1, 0.15) is 11.1 Å². The molecule has 1 N–H and O–H groups in total. The number of amides is 1. The average molecular weight is 560 g/mol. The van der Waals surface area contributed by atoms with Crippen molar-refractivity contribution in [2.45, 2.75) is 6.61 Å². The van der Waals surface area contributed by atoms with Crippen molar-refractivity contribution in [3.05, 3.63) is 92.1 Å². The first-order valence-electron chi connectivity index (χ1n) is 9.61. The molecule has 0 atom stereocenters. The summed E-state index contributed by atoms with van der Waals surface area (Å²) in [6.07, 6.45) is 1.79. The van der Waals surface area contributed by atoms with Gasteiger partial charge in [0.25, 0.3) is 5.91 Å². The molecule has 0 aromatic heterocycles. The van der Waals surface area contributed by atoms with E-state index in [1.165, 1.54) is 23.9 Å². The number of aliphatic imine (C=N–C) groups is 1. The predicted octanol–water partition coefficient (Wildman–Crippen LogP) is 5.91. The molecule has 0 unspecified atom stereocenters. The molecule has 3 aromatic rings. The van der Waals surface area contributed by atoms with Crippen molar-refractivity contribution in [1.82, 2.24) is 5.32 Å². The molecule has 1 fully saturated rings. The van der Waals surface area contributed by atoms with Gasteiger partial charge in [0.2, 0.25) is 0 Å². The van der Waals surface area contributed by atoms with E-state index in [1.54, 1.807) is 31.4 Å². The fourth-order valence-corrected chi connectivity index (χ4v) is 4.62. The monoisotopic (exact) mass is 560 g/mol. The Kier molecular flexibility index (Phi) is 7.11. The van der Waals surface area contributed by atoms with E-state index in [4.69, 9.17) is 9.47 Å². The standard InChI is InChI=1S/C24H18FIN2O3S/c1-30-20-12-16(11-19(26)22(20)31-14-15-6-5-7-17(25)10-15)13-21-23(29)28-24(32-21)27-18-8-3-2-4-9-18/h2-13H,14H2,1H3,(H,27,28,29)/b21-13-. The van der Waals surface area contributed by atoms with Crippen LogP contribution in [-0.2, 0) is 11.4 Å². The van der Waals surface area contributed by atoms with Gasteiger partial charge in [-0.25, -0.2) is 9.38 Å². The highest BCUT2D eigenvalue weighted by molar-refractivity contribution is 14.1. The highest BCUT2D eigenvalue weighted by atomic mass is 127. The van der Waals surface area contributed by atoms with Gasteiger partial charge in [-0.15, -0.1) is 0 Å². The van der Waals surface area contributed by atoms with Gasteiger partial charge in [0, 0.05) is 0 Å². The second kappa shape index (κ2) is 10.2. The number of nitrogens with one attached hydrogen (secondary N) is 1. The summed E-state index contributed by atoms with van der Waals surface area (Å²) in [5.41, 5.74) is 2.29. The molecule has 1 amide bonds. The van der Waals surface area contributed by atoms with Crippen LogP contribution in [0.4, 0.5) is 10.1 Å². The summed E-state index contributed by atoms with van der Waals surface area (Å²) in [4.78, 5) is 17.4. The van der Waals surface area contributed by atoms with E-state index in [0.29, 0.717) is 21.6 Å². The summed E-state index contributed by atoms with van der Waals surface area (Å²) in [6, 6.07) is 19.4. The van der Waals surface area contributed by atoms with E-state index in [1.807, 2.05) is 36.4 Å². The van der Waals surface area contributed by atoms with Crippen LogP contribution in [0.3, 0.4) is 0 Å². The molecule has 8 heteroatoms. The lowest BCUT2D eigenvalue weighted by atomic mass is 10.2. The fraction of sp³-hybridized carbons (Fsp3) is 0.0833. The van der Waals surface area contributed by atoms with E-state index in [0.717, 1.165) is 20.4 Å². The Labute approximate surface area is 202 Å². The fourth-order valence-electron chi connectivity index (χ4n) is 3.00. The smallest absolute Gasteiger partial charge is 0.264 e. The zero-order chi connectivity index (χ0) is 22.5. The van der Waals surface area contributed by atoms with Gasteiger partial charge in [-0.1, -0.05) is 30.3 Å². The molecule has 1 aliphatic heterocycles. The Morgan fingerprint density at radius 1 is 1.12 bits per heavy atom. The first-order valence-corrected chi connectivity index (χ1v) is 11.5. The number of benzene rings is 3. The molecule has 1 saturated heterocycles. The number of amidine groups is 1. The van der Waals surface area contributed by atoms with E-state index >= 15 is 0 Å². The summed E-state index contributed by atoms with van der Waals surface area (Å²) in [7, 11) is 1.55. The maximum absolute atomic E-state index is 13.4. The lowest BCUT2D eigenvalue weighted by Crippen LogP contribution is -2.19. The van der Waals surface area contributed by atoms with Crippen LogP contribution >= 0.6 is 34.4 Å². The van der Waals surface area contributed by atoms with Crippen molar-refractivity contribution in [2.75, 3.05) is 7.11 Å². The van der Waals surface area contributed by atoms with Gasteiger partial charge in [-0.3, -0.25) is 4.79 Å². The van der Waals surface area contributed by atoms with Crippen LogP contribution in [0.15, 0.2) is 76.6 Å². The minimum absolute atomic E-state index is 0.204. The van der Waals surface area contributed by atoms with Gasteiger partial charge in [0.05, 0.1) is 21.3 Å². The van der Waals surface area contributed by atoms with Crippen LogP contribution in [0.25, 0.3) is 6.08 Å². The van der Waals surface area contributed by atoms with E-state index in [2.05, 4.69) is 32.9 Å². The number of carbonyl (C=O) groups excluding carboxylic acids is 1. The topological polar surface area (TPSA) is 59.9 Å². The molecule has 32 heavy (non-hydrogen) atoms. The van der Waals surface area contributed by atoms with Crippen molar-refractivity contribution in [2.24, 2.45) is 4.99 Å². The second-order valence-electron chi connectivity index (χ2n) is 6.77. The van der Waals surface area contributed by atoms with Crippen LogP contribution in [-0.4, -0.2) is 18.2 Å². The van der Waals surface area contributed by atoms with Crippen molar-refractivity contribution in [1.29, 1.82) is 0 Å². The molecule has 1 aliphatic rings. The first-order chi connectivity index (χ1) is 15.5. The zero-order valence-electron chi connectivity index (χ0n) is 17.0. The number of rotatable bonds is 6. The van der Waals surface area contributed by atoms with E-state index in [9.17, 15) is 9.18 Å². The Morgan fingerprint density at radius 2 is 1.94 bits per heavy atom. The minimum Gasteiger partial charge on any atom is -0.493 e. The molecule has 3 aromatic carbocycles. The third-order valence-corrected chi connectivity index (χ3v) is 6.17. The van der Waals surface area contributed by atoms with E-state index in [-0.39, 0.29) is 18.3 Å². The third-order valence-electron chi connectivity index (χ3n) is 4.46. The largest absolute Gasteiger partial charge is 0.493 e.